The highest BCUT2D eigenvalue weighted by atomic mass is 35.5. The Kier molecular flexibility index (Phi) is 8.08. The Morgan fingerprint density at radius 3 is 2.33 bits per heavy atom. The molecular formula is C21H21Cl2NO6. The lowest BCUT2D eigenvalue weighted by Crippen LogP contribution is -2.41. The van der Waals surface area contributed by atoms with E-state index in [9.17, 15) is 19.5 Å². The summed E-state index contributed by atoms with van der Waals surface area (Å²) in [6, 6.07) is 10.2. The molecule has 0 unspecified atom stereocenters. The molecule has 1 amide bonds. The highest BCUT2D eigenvalue weighted by molar-refractivity contribution is 6.39. The van der Waals surface area contributed by atoms with Crippen molar-refractivity contribution in [1.29, 1.82) is 0 Å². The zero-order chi connectivity index (χ0) is 22.4. The van der Waals surface area contributed by atoms with Crippen LogP contribution in [-0.2, 0) is 20.7 Å². The van der Waals surface area contributed by atoms with E-state index in [1.54, 1.807) is 13.8 Å². The Balaban J connectivity index is 2.36. The van der Waals surface area contributed by atoms with Crippen LogP contribution in [0.1, 0.15) is 36.7 Å². The largest absolute Gasteiger partial charge is 0.505 e. The topological polar surface area (TPSA) is 102 Å². The average molecular weight is 454 g/mol. The van der Waals surface area contributed by atoms with Crippen LogP contribution in [0.25, 0.3) is 0 Å². The molecule has 0 aliphatic heterocycles. The van der Waals surface area contributed by atoms with Crippen LogP contribution in [0.15, 0.2) is 36.4 Å². The molecule has 0 bridgehead atoms. The summed E-state index contributed by atoms with van der Waals surface area (Å²) in [5.74, 6) is -3.30. The maximum atomic E-state index is 12.9. The second-order valence-electron chi connectivity index (χ2n) is 6.73. The molecule has 0 spiro atoms. The third kappa shape index (κ3) is 6.11. The van der Waals surface area contributed by atoms with Gasteiger partial charge in [-0.1, -0.05) is 67.4 Å². The van der Waals surface area contributed by atoms with Crippen molar-refractivity contribution in [1.82, 2.24) is 5.32 Å². The van der Waals surface area contributed by atoms with Gasteiger partial charge >= 0.3 is 11.9 Å². The van der Waals surface area contributed by atoms with E-state index in [0.29, 0.717) is 0 Å². The Labute approximate surface area is 183 Å². The number of aromatic hydroxyl groups is 1. The van der Waals surface area contributed by atoms with E-state index >= 15 is 0 Å². The molecule has 0 fully saturated rings. The van der Waals surface area contributed by atoms with Gasteiger partial charge in [-0.2, -0.15) is 0 Å². The molecule has 30 heavy (non-hydrogen) atoms. The Bertz CT molecular complexity index is 946. The lowest BCUT2D eigenvalue weighted by molar-refractivity contribution is -0.153. The van der Waals surface area contributed by atoms with Crippen molar-refractivity contribution in [3.05, 3.63) is 57.6 Å². The third-order valence-electron chi connectivity index (χ3n) is 3.93. The number of benzene rings is 2. The van der Waals surface area contributed by atoms with Gasteiger partial charge in [-0.05, 0) is 11.6 Å². The number of hydrogen-bond acceptors (Lipinski definition) is 6. The highest BCUT2D eigenvalue weighted by Gasteiger charge is 2.26. The number of phenols is 1. The van der Waals surface area contributed by atoms with Crippen LogP contribution in [0, 0.1) is 5.92 Å². The van der Waals surface area contributed by atoms with Crippen molar-refractivity contribution < 1.29 is 29.0 Å². The van der Waals surface area contributed by atoms with Gasteiger partial charge in [-0.15, -0.1) is 0 Å². The fourth-order valence-electron chi connectivity index (χ4n) is 2.45. The molecule has 0 heterocycles. The number of amides is 1. The second kappa shape index (κ2) is 10.3. The minimum Gasteiger partial charge on any atom is -0.505 e. The van der Waals surface area contributed by atoms with Crippen LogP contribution in [-0.4, -0.2) is 29.2 Å². The van der Waals surface area contributed by atoms with E-state index in [0.717, 1.165) is 18.6 Å². The van der Waals surface area contributed by atoms with Gasteiger partial charge < -0.3 is 19.9 Å². The molecule has 0 aliphatic carbocycles. The minimum absolute atomic E-state index is 0.198. The smallest absolute Gasteiger partial charge is 0.310 e. The van der Waals surface area contributed by atoms with Crippen molar-refractivity contribution in [2.45, 2.75) is 33.4 Å². The number of rotatable bonds is 7. The molecule has 2 aromatic carbocycles. The lowest BCUT2D eigenvalue weighted by atomic mass is 10.1. The zero-order valence-corrected chi connectivity index (χ0v) is 18.1. The number of ether oxygens (including phenoxy) is 2. The summed E-state index contributed by atoms with van der Waals surface area (Å²) in [6.07, 6.45) is -0.806. The van der Waals surface area contributed by atoms with Crippen LogP contribution >= 0.6 is 23.2 Å². The number of carbonyl (C=O) groups excluding carboxylic acids is 3. The normalized spacial score (nSPS) is 11.7. The van der Waals surface area contributed by atoms with Gasteiger partial charge in [-0.25, -0.2) is 0 Å². The molecule has 2 rings (SSSR count). The third-order valence-corrected chi connectivity index (χ3v) is 4.56. The molecule has 0 radical (unpaired) electrons. The minimum atomic E-state index is -1.01. The van der Waals surface area contributed by atoms with Gasteiger partial charge in [0.2, 0.25) is 0 Å². The Morgan fingerprint density at radius 1 is 1.13 bits per heavy atom. The first-order valence-electron chi connectivity index (χ1n) is 9.04. The SMILES string of the molecule is CC(=O)Oc1c(C(=O)N[C@@H](Cc2ccccc2)OC(=O)C(C)C)cc(Cl)c(O)c1Cl. The molecule has 0 aromatic heterocycles. The van der Waals surface area contributed by atoms with Gasteiger partial charge in [0, 0.05) is 13.3 Å². The van der Waals surface area contributed by atoms with Crippen molar-refractivity contribution in [3.63, 3.8) is 0 Å². The van der Waals surface area contributed by atoms with Crippen molar-refractivity contribution in [2.75, 3.05) is 0 Å². The number of phenolic OH excluding ortho intramolecular Hbond substituents is 1. The highest BCUT2D eigenvalue weighted by Crippen LogP contribution is 2.41. The van der Waals surface area contributed by atoms with Gasteiger partial charge in [0.05, 0.1) is 16.5 Å². The molecule has 1 atom stereocenters. The number of carbonyl (C=O) groups is 3. The van der Waals surface area contributed by atoms with Gasteiger partial charge in [0.1, 0.15) is 5.02 Å². The van der Waals surface area contributed by atoms with Crippen molar-refractivity contribution in [2.24, 2.45) is 5.92 Å². The second-order valence-corrected chi connectivity index (χ2v) is 7.52. The van der Waals surface area contributed by atoms with E-state index in [2.05, 4.69) is 5.32 Å². The van der Waals surface area contributed by atoms with Crippen molar-refractivity contribution in [3.8, 4) is 11.5 Å². The maximum absolute atomic E-state index is 12.9. The lowest BCUT2D eigenvalue weighted by Gasteiger charge is -2.21. The standard InChI is InChI=1S/C21H21Cl2NO6/c1-11(2)21(28)30-16(9-13-7-5-4-6-8-13)24-20(27)14-10-15(22)18(26)17(23)19(14)29-12(3)25/h4-8,10-11,16,26H,9H2,1-3H3,(H,24,27)/t16-/m1/s1. The summed E-state index contributed by atoms with van der Waals surface area (Å²) in [5, 5.41) is 11.9. The van der Waals surface area contributed by atoms with Crippen molar-refractivity contribution >= 4 is 41.0 Å². The molecule has 2 N–H and O–H groups in total. The van der Waals surface area contributed by atoms with E-state index in [1.165, 1.54) is 0 Å². The predicted octanol–water partition coefficient (Wildman–Crippen LogP) is 4.12. The fourth-order valence-corrected chi connectivity index (χ4v) is 2.95. The van der Waals surface area contributed by atoms with E-state index in [1.807, 2.05) is 30.3 Å². The Hall–Kier alpha value is -2.77. The van der Waals surface area contributed by atoms with E-state index < -0.39 is 35.7 Å². The Morgan fingerprint density at radius 2 is 1.77 bits per heavy atom. The summed E-state index contributed by atoms with van der Waals surface area (Å²) < 4.78 is 10.4. The summed E-state index contributed by atoms with van der Waals surface area (Å²) >= 11 is 11.9. The molecule has 7 nitrogen and oxygen atoms in total. The summed E-state index contributed by atoms with van der Waals surface area (Å²) in [7, 11) is 0. The molecule has 9 heteroatoms. The van der Waals surface area contributed by atoms with Crippen LogP contribution in [0.5, 0.6) is 11.5 Å². The fraction of sp³-hybridized carbons (Fsp3) is 0.286. The average Bonchev–Trinajstić information content (AvgIpc) is 2.68. The van der Waals surface area contributed by atoms with Crippen LogP contribution in [0.2, 0.25) is 10.0 Å². The van der Waals surface area contributed by atoms with Crippen LogP contribution in [0.3, 0.4) is 0 Å². The molecule has 160 valence electrons. The molecule has 0 aliphatic rings. The van der Waals surface area contributed by atoms with Crippen LogP contribution in [0.4, 0.5) is 0 Å². The predicted molar refractivity (Wildman–Crippen MR) is 112 cm³/mol. The monoisotopic (exact) mass is 453 g/mol. The molecule has 0 saturated heterocycles. The van der Waals surface area contributed by atoms with Gasteiger partial charge in [0.15, 0.2) is 17.7 Å². The first-order valence-corrected chi connectivity index (χ1v) is 9.80. The van der Waals surface area contributed by atoms with Gasteiger partial charge in [0.25, 0.3) is 5.91 Å². The first kappa shape index (κ1) is 23.5. The number of nitrogens with one attached hydrogen (secondary N) is 1. The van der Waals surface area contributed by atoms with E-state index in [4.69, 9.17) is 32.7 Å². The first-order chi connectivity index (χ1) is 14.1. The van der Waals surface area contributed by atoms with E-state index in [-0.39, 0.29) is 27.8 Å². The molecule has 0 saturated carbocycles. The molecule has 2 aromatic rings. The van der Waals surface area contributed by atoms with Crippen LogP contribution < -0.4 is 10.1 Å². The van der Waals surface area contributed by atoms with Gasteiger partial charge in [-0.3, -0.25) is 14.4 Å². The molecular weight excluding hydrogens is 433 g/mol. The number of esters is 2. The summed E-state index contributed by atoms with van der Waals surface area (Å²) in [6.45, 7) is 4.45. The maximum Gasteiger partial charge on any atom is 0.310 e. The number of hydrogen-bond donors (Lipinski definition) is 2. The summed E-state index contributed by atoms with van der Waals surface area (Å²) in [5.41, 5.74) is 0.623. The zero-order valence-electron chi connectivity index (χ0n) is 16.6. The quantitative estimate of drug-likeness (QED) is 0.371. The number of halogens is 2. The summed E-state index contributed by atoms with van der Waals surface area (Å²) in [4.78, 5) is 36.5.